The number of rotatable bonds is 4. The van der Waals surface area contributed by atoms with Crippen molar-refractivity contribution in [3.8, 4) is 17.5 Å². The highest BCUT2D eigenvalue weighted by Gasteiger charge is 2.45. The number of anilines is 1. The van der Waals surface area contributed by atoms with Crippen molar-refractivity contribution < 1.29 is 39.6 Å². The van der Waals surface area contributed by atoms with Gasteiger partial charge in [0.15, 0.2) is 5.82 Å². The molecular weight excluding hydrogens is 476 g/mol. The molecule has 5 nitrogen and oxygen atoms in total. The number of fused-ring (bicyclic) bond motifs is 1. The average molecular weight is 488 g/mol. The second kappa shape index (κ2) is 8.27. The van der Waals surface area contributed by atoms with Crippen LogP contribution < -0.4 is 4.90 Å². The molecule has 0 saturated heterocycles. The SMILES string of the molecule is N#Cc1ccc2c(c1C(F)(F)F)CC(CC(F)(F)F)N2Cc1noc(-c2cc(F)cc(F)c2)n1. The molecule has 1 aliphatic rings. The highest BCUT2D eigenvalue weighted by Crippen LogP contribution is 2.45. The van der Waals surface area contributed by atoms with E-state index in [-0.39, 0.29) is 23.0 Å². The van der Waals surface area contributed by atoms with Crippen molar-refractivity contribution >= 4 is 5.69 Å². The van der Waals surface area contributed by atoms with Gasteiger partial charge in [-0.2, -0.15) is 36.6 Å². The van der Waals surface area contributed by atoms with Gasteiger partial charge in [-0.3, -0.25) is 0 Å². The Kier molecular flexibility index (Phi) is 5.71. The number of hydrogen-bond acceptors (Lipinski definition) is 5. The minimum atomic E-state index is -4.96. The zero-order valence-corrected chi connectivity index (χ0v) is 16.8. The minimum Gasteiger partial charge on any atom is -0.360 e. The van der Waals surface area contributed by atoms with Crippen LogP contribution in [0, 0.1) is 23.0 Å². The second-order valence-corrected chi connectivity index (χ2v) is 7.57. The Morgan fingerprint density at radius 1 is 1.06 bits per heavy atom. The van der Waals surface area contributed by atoms with Crippen molar-refractivity contribution in [1.82, 2.24) is 10.1 Å². The van der Waals surface area contributed by atoms with E-state index in [1.807, 2.05) is 0 Å². The van der Waals surface area contributed by atoms with Gasteiger partial charge in [0.1, 0.15) is 11.6 Å². The Labute approximate surface area is 186 Å². The van der Waals surface area contributed by atoms with E-state index in [1.165, 1.54) is 6.07 Å². The number of halogens is 8. The number of nitriles is 1. The van der Waals surface area contributed by atoms with E-state index in [2.05, 4.69) is 10.1 Å². The van der Waals surface area contributed by atoms with Crippen LogP contribution in [0.5, 0.6) is 0 Å². The second-order valence-electron chi connectivity index (χ2n) is 7.57. The Balaban J connectivity index is 1.73. The maximum Gasteiger partial charge on any atom is 0.418 e. The summed E-state index contributed by atoms with van der Waals surface area (Å²) >= 11 is 0. The first-order valence-corrected chi connectivity index (χ1v) is 9.61. The highest BCUT2D eigenvalue weighted by molar-refractivity contribution is 5.66. The van der Waals surface area contributed by atoms with Crippen LogP contribution in [0.3, 0.4) is 0 Å². The van der Waals surface area contributed by atoms with Crippen LogP contribution in [0.2, 0.25) is 0 Å². The fourth-order valence-corrected chi connectivity index (χ4v) is 4.00. The fraction of sp³-hybridized carbons (Fsp3) is 0.286. The Hall–Kier alpha value is -3.69. The number of benzene rings is 2. The number of hydrogen-bond donors (Lipinski definition) is 0. The molecule has 1 atom stereocenters. The molecule has 1 aromatic heterocycles. The summed E-state index contributed by atoms with van der Waals surface area (Å²) in [6.07, 6.45) is -11.7. The smallest absolute Gasteiger partial charge is 0.360 e. The predicted octanol–water partition coefficient (Wildman–Crippen LogP) is 5.79. The number of aromatic nitrogens is 2. The first-order chi connectivity index (χ1) is 15.9. The minimum absolute atomic E-state index is 0.122. The molecule has 0 radical (unpaired) electrons. The predicted molar refractivity (Wildman–Crippen MR) is 100 cm³/mol. The molecule has 13 heteroatoms. The van der Waals surface area contributed by atoms with Crippen molar-refractivity contribution in [2.24, 2.45) is 0 Å². The topological polar surface area (TPSA) is 66.0 Å². The summed E-state index contributed by atoms with van der Waals surface area (Å²) in [4.78, 5) is 4.98. The molecule has 2 heterocycles. The van der Waals surface area contributed by atoms with Crippen LogP contribution in [0.15, 0.2) is 34.9 Å². The summed E-state index contributed by atoms with van der Waals surface area (Å²) < 4.78 is 112. The van der Waals surface area contributed by atoms with Gasteiger partial charge < -0.3 is 9.42 Å². The molecule has 0 bridgehead atoms. The van der Waals surface area contributed by atoms with Crippen LogP contribution >= 0.6 is 0 Å². The third-order valence-corrected chi connectivity index (χ3v) is 5.24. The van der Waals surface area contributed by atoms with Gasteiger partial charge in [0.05, 0.1) is 30.2 Å². The lowest BCUT2D eigenvalue weighted by atomic mass is 9.97. The lowest BCUT2D eigenvalue weighted by molar-refractivity contribution is -0.139. The van der Waals surface area contributed by atoms with E-state index in [9.17, 15) is 35.1 Å². The average Bonchev–Trinajstić information content (AvgIpc) is 3.30. The maximum absolute atomic E-state index is 13.7. The standard InChI is InChI=1S/C21H12F8N4O/c22-12-3-11(4-13(23)5-12)19-31-17(32-34-19)9-33-14(7-20(24,25)26)6-15-16(33)2-1-10(8-30)18(15)21(27,28)29/h1-5,14H,6-7,9H2. The number of alkyl halides is 6. The zero-order chi connectivity index (χ0) is 24.8. The van der Waals surface area contributed by atoms with E-state index >= 15 is 0 Å². The molecular formula is C21H12F8N4O. The van der Waals surface area contributed by atoms with Gasteiger partial charge >= 0.3 is 12.4 Å². The van der Waals surface area contributed by atoms with E-state index in [0.717, 1.165) is 29.2 Å². The third-order valence-electron chi connectivity index (χ3n) is 5.24. The third kappa shape index (κ3) is 4.66. The monoisotopic (exact) mass is 488 g/mol. The summed E-state index contributed by atoms with van der Waals surface area (Å²) in [5.41, 5.74) is -2.69. The molecule has 34 heavy (non-hydrogen) atoms. The van der Waals surface area contributed by atoms with Gasteiger partial charge in [-0.1, -0.05) is 5.16 Å². The van der Waals surface area contributed by atoms with E-state index in [1.54, 1.807) is 0 Å². The zero-order valence-electron chi connectivity index (χ0n) is 16.8. The van der Waals surface area contributed by atoms with Crippen molar-refractivity contribution in [3.05, 3.63) is 64.5 Å². The highest BCUT2D eigenvalue weighted by atomic mass is 19.4. The van der Waals surface area contributed by atoms with Crippen molar-refractivity contribution in [1.29, 1.82) is 5.26 Å². The van der Waals surface area contributed by atoms with Crippen molar-refractivity contribution in [3.63, 3.8) is 0 Å². The Morgan fingerprint density at radius 2 is 1.74 bits per heavy atom. The Bertz CT molecular complexity index is 1250. The molecule has 0 N–H and O–H groups in total. The summed E-state index contributed by atoms with van der Waals surface area (Å²) in [5.74, 6) is -2.39. The molecule has 4 rings (SSSR count). The van der Waals surface area contributed by atoms with Gasteiger partial charge in [-0.15, -0.1) is 0 Å². The Morgan fingerprint density at radius 3 is 2.32 bits per heavy atom. The van der Waals surface area contributed by atoms with Crippen LogP contribution in [0.1, 0.15) is 28.9 Å². The van der Waals surface area contributed by atoms with Gasteiger partial charge in [0.25, 0.3) is 5.89 Å². The van der Waals surface area contributed by atoms with Gasteiger partial charge in [0.2, 0.25) is 0 Å². The van der Waals surface area contributed by atoms with Crippen molar-refractivity contribution in [2.75, 3.05) is 4.90 Å². The molecule has 1 unspecified atom stereocenters. The molecule has 1 aliphatic heterocycles. The molecule has 2 aromatic carbocycles. The number of nitrogens with zero attached hydrogens (tertiary/aromatic N) is 4. The van der Waals surface area contributed by atoms with E-state index in [0.29, 0.717) is 6.07 Å². The van der Waals surface area contributed by atoms with Gasteiger partial charge in [-0.25, -0.2) is 8.78 Å². The molecule has 0 amide bonds. The summed E-state index contributed by atoms with van der Waals surface area (Å²) in [6, 6.07) is 4.44. The maximum atomic E-state index is 13.7. The summed E-state index contributed by atoms with van der Waals surface area (Å²) in [5, 5.41) is 12.7. The van der Waals surface area contributed by atoms with Crippen LogP contribution in [-0.2, 0) is 19.1 Å². The van der Waals surface area contributed by atoms with Crippen LogP contribution in [0.4, 0.5) is 40.8 Å². The summed E-state index contributed by atoms with van der Waals surface area (Å²) in [6.45, 7) is -0.474. The molecule has 0 aliphatic carbocycles. The lowest BCUT2D eigenvalue weighted by Gasteiger charge is -2.27. The molecule has 3 aromatic rings. The lowest BCUT2D eigenvalue weighted by Crippen LogP contribution is -2.35. The van der Waals surface area contributed by atoms with Gasteiger partial charge in [0, 0.05) is 23.4 Å². The fourth-order valence-electron chi connectivity index (χ4n) is 4.00. The molecule has 0 saturated carbocycles. The quantitative estimate of drug-likeness (QED) is 0.435. The van der Waals surface area contributed by atoms with E-state index < -0.39 is 66.1 Å². The molecule has 0 fully saturated rings. The first kappa shape index (κ1) is 23.5. The van der Waals surface area contributed by atoms with E-state index in [4.69, 9.17) is 9.78 Å². The normalized spacial score (nSPS) is 16.0. The first-order valence-electron chi connectivity index (χ1n) is 9.61. The van der Waals surface area contributed by atoms with Crippen LogP contribution in [-0.4, -0.2) is 22.4 Å². The van der Waals surface area contributed by atoms with Crippen molar-refractivity contribution in [2.45, 2.75) is 37.8 Å². The van der Waals surface area contributed by atoms with Crippen LogP contribution in [0.25, 0.3) is 11.5 Å². The largest absolute Gasteiger partial charge is 0.418 e. The summed E-state index contributed by atoms with van der Waals surface area (Å²) in [7, 11) is 0. The molecule has 0 spiro atoms. The van der Waals surface area contributed by atoms with Gasteiger partial charge in [-0.05, 0) is 36.2 Å². The molecule has 178 valence electrons.